The van der Waals surface area contributed by atoms with E-state index in [1.165, 1.54) is 16.4 Å². The standard InChI is InChI=1S/C24H30N4O4S2/c1-15-3-5-19(6-4-15)34(31,32)28-10-9-20-23(21(25)13-26-24(20)28)27-22-12-17(11-16(22)2)14-33(29,30)18-7-8-18/h3-6,9-10,13,16-18,22H,7-8,11-12,14,25H2,1-2H3,(H,26,27). The molecule has 182 valence electrons. The van der Waals surface area contributed by atoms with Crippen LogP contribution in [0.3, 0.4) is 0 Å². The Hall–Kier alpha value is -2.59. The van der Waals surface area contributed by atoms with Crippen LogP contribution in [0, 0.1) is 18.8 Å². The molecule has 3 aromatic rings. The molecule has 2 aliphatic rings. The number of anilines is 2. The van der Waals surface area contributed by atoms with Crippen molar-refractivity contribution in [1.29, 1.82) is 0 Å². The lowest BCUT2D eigenvalue weighted by molar-refractivity contribution is 0.530. The molecule has 34 heavy (non-hydrogen) atoms. The molecule has 0 saturated heterocycles. The van der Waals surface area contributed by atoms with Crippen molar-refractivity contribution in [2.24, 2.45) is 11.8 Å². The molecule has 2 aliphatic carbocycles. The van der Waals surface area contributed by atoms with Crippen molar-refractivity contribution < 1.29 is 16.8 Å². The number of nitrogens with one attached hydrogen (secondary N) is 1. The summed E-state index contributed by atoms with van der Waals surface area (Å²) in [6.07, 6.45) is 6.13. The average molecular weight is 503 g/mol. The van der Waals surface area contributed by atoms with Crippen molar-refractivity contribution in [2.45, 2.75) is 55.7 Å². The predicted molar refractivity (Wildman–Crippen MR) is 134 cm³/mol. The summed E-state index contributed by atoms with van der Waals surface area (Å²) in [5, 5.41) is 3.99. The van der Waals surface area contributed by atoms with Crippen molar-refractivity contribution >= 4 is 42.3 Å². The molecule has 2 aromatic heterocycles. The zero-order valence-corrected chi connectivity index (χ0v) is 20.9. The van der Waals surface area contributed by atoms with E-state index in [9.17, 15) is 16.8 Å². The molecule has 10 heteroatoms. The molecule has 0 bridgehead atoms. The molecule has 0 amide bonds. The monoisotopic (exact) mass is 502 g/mol. The van der Waals surface area contributed by atoms with Gasteiger partial charge in [0.15, 0.2) is 15.5 Å². The van der Waals surface area contributed by atoms with Gasteiger partial charge in [-0.3, -0.25) is 0 Å². The quantitative estimate of drug-likeness (QED) is 0.506. The number of rotatable bonds is 7. The highest BCUT2D eigenvalue weighted by molar-refractivity contribution is 7.92. The third-order valence-electron chi connectivity index (χ3n) is 7.10. The summed E-state index contributed by atoms with van der Waals surface area (Å²) in [6, 6.07) is 8.45. The number of nitrogen functional groups attached to an aromatic ring is 1. The van der Waals surface area contributed by atoms with Gasteiger partial charge in [-0.1, -0.05) is 24.6 Å². The molecule has 1 aromatic carbocycles. The van der Waals surface area contributed by atoms with Crippen LogP contribution in [-0.2, 0) is 19.9 Å². The fourth-order valence-electron chi connectivity index (χ4n) is 5.05. The van der Waals surface area contributed by atoms with Gasteiger partial charge < -0.3 is 11.1 Å². The molecular weight excluding hydrogens is 472 g/mol. The van der Waals surface area contributed by atoms with Crippen molar-refractivity contribution in [3.8, 4) is 0 Å². The molecule has 3 N–H and O–H groups in total. The minimum atomic E-state index is -3.82. The molecule has 5 rings (SSSR count). The summed E-state index contributed by atoms with van der Waals surface area (Å²) in [5.41, 5.74) is 8.61. The van der Waals surface area contributed by atoms with Gasteiger partial charge >= 0.3 is 0 Å². The highest BCUT2D eigenvalue weighted by atomic mass is 32.2. The molecule has 2 saturated carbocycles. The first-order chi connectivity index (χ1) is 16.1. The fourth-order valence-corrected chi connectivity index (χ4v) is 8.41. The van der Waals surface area contributed by atoms with Gasteiger partial charge in [0.1, 0.15) is 0 Å². The highest BCUT2D eigenvalue weighted by Gasteiger charge is 2.40. The summed E-state index contributed by atoms with van der Waals surface area (Å²) in [6.45, 7) is 4.02. The third kappa shape index (κ3) is 4.17. The van der Waals surface area contributed by atoms with Gasteiger partial charge in [-0.05, 0) is 62.6 Å². The Balaban J connectivity index is 1.43. The molecule has 2 fully saturated rings. The number of nitrogens with zero attached hydrogens (tertiary/aromatic N) is 2. The van der Waals surface area contributed by atoms with Crippen molar-refractivity contribution in [3.63, 3.8) is 0 Å². The van der Waals surface area contributed by atoms with Crippen LogP contribution in [0.25, 0.3) is 11.0 Å². The number of benzene rings is 1. The summed E-state index contributed by atoms with van der Waals surface area (Å²) >= 11 is 0. The summed E-state index contributed by atoms with van der Waals surface area (Å²) in [4.78, 5) is 4.52. The molecular formula is C24H30N4O4S2. The smallest absolute Gasteiger partial charge is 0.269 e. The van der Waals surface area contributed by atoms with E-state index in [0.29, 0.717) is 22.4 Å². The maximum atomic E-state index is 13.3. The van der Waals surface area contributed by atoms with E-state index in [1.807, 2.05) is 6.92 Å². The molecule has 3 atom stereocenters. The second kappa shape index (κ2) is 8.27. The first kappa shape index (κ1) is 23.2. The first-order valence-corrected chi connectivity index (χ1v) is 14.8. The van der Waals surface area contributed by atoms with Gasteiger partial charge in [0.05, 0.1) is 33.5 Å². The molecule has 3 unspecified atom stereocenters. The van der Waals surface area contributed by atoms with E-state index >= 15 is 0 Å². The normalized spacial score (nSPS) is 23.4. The van der Waals surface area contributed by atoms with E-state index in [1.54, 1.807) is 30.3 Å². The Labute approximate surface area is 200 Å². The number of pyridine rings is 1. The van der Waals surface area contributed by atoms with E-state index in [4.69, 9.17) is 5.73 Å². The lowest BCUT2D eigenvalue weighted by Crippen LogP contribution is -2.24. The van der Waals surface area contributed by atoms with Gasteiger partial charge in [-0.15, -0.1) is 0 Å². The Kier molecular flexibility index (Phi) is 5.63. The van der Waals surface area contributed by atoms with Crippen LogP contribution in [0.1, 0.15) is 38.2 Å². The number of hydrogen-bond donors (Lipinski definition) is 2. The SMILES string of the molecule is Cc1ccc(S(=O)(=O)n2ccc3c(NC4CC(CS(=O)(=O)C5CC5)CC4C)c(N)cnc32)cc1. The van der Waals surface area contributed by atoms with E-state index < -0.39 is 19.9 Å². The Morgan fingerprint density at radius 2 is 1.79 bits per heavy atom. The summed E-state index contributed by atoms with van der Waals surface area (Å²) in [7, 11) is -6.83. The topological polar surface area (TPSA) is 124 Å². The number of nitrogens with two attached hydrogens (primary N) is 1. The van der Waals surface area contributed by atoms with E-state index in [0.717, 1.165) is 31.2 Å². The largest absolute Gasteiger partial charge is 0.396 e. The maximum Gasteiger partial charge on any atom is 0.269 e. The minimum Gasteiger partial charge on any atom is -0.396 e. The van der Waals surface area contributed by atoms with Gasteiger partial charge in [0.2, 0.25) is 0 Å². The van der Waals surface area contributed by atoms with Crippen molar-refractivity contribution in [2.75, 3.05) is 16.8 Å². The second-order valence-corrected chi connectivity index (χ2v) is 14.0. The molecule has 0 radical (unpaired) electrons. The van der Waals surface area contributed by atoms with Crippen LogP contribution in [-0.4, -0.2) is 42.8 Å². The van der Waals surface area contributed by atoms with E-state index in [2.05, 4.69) is 17.2 Å². The van der Waals surface area contributed by atoms with Gasteiger partial charge in [-0.25, -0.2) is 25.8 Å². The minimum absolute atomic E-state index is 0.0457. The van der Waals surface area contributed by atoms with Gasteiger partial charge in [-0.2, -0.15) is 0 Å². The zero-order valence-electron chi connectivity index (χ0n) is 19.3. The summed E-state index contributed by atoms with van der Waals surface area (Å²) in [5.74, 6) is 0.621. The number of hydrogen-bond acceptors (Lipinski definition) is 7. The molecule has 8 nitrogen and oxygen atoms in total. The lowest BCUT2D eigenvalue weighted by atomic mass is 10.1. The second-order valence-electron chi connectivity index (χ2n) is 9.85. The fraction of sp³-hybridized carbons (Fsp3) is 0.458. The average Bonchev–Trinajstić information content (AvgIpc) is 3.47. The van der Waals surface area contributed by atoms with Crippen LogP contribution in [0.2, 0.25) is 0 Å². The number of fused-ring (bicyclic) bond motifs is 1. The Morgan fingerprint density at radius 3 is 2.47 bits per heavy atom. The maximum absolute atomic E-state index is 13.3. The first-order valence-electron chi connectivity index (χ1n) is 11.6. The van der Waals surface area contributed by atoms with Crippen molar-refractivity contribution in [1.82, 2.24) is 8.96 Å². The van der Waals surface area contributed by atoms with Crippen LogP contribution in [0.4, 0.5) is 11.4 Å². The Morgan fingerprint density at radius 1 is 1.09 bits per heavy atom. The highest BCUT2D eigenvalue weighted by Crippen LogP contribution is 2.39. The number of aryl methyl sites for hydroxylation is 1. The van der Waals surface area contributed by atoms with Crippen molar-refractivity contribution in [3.05, 3.63) is 48.3 Å². The third-order valence-corrected chi connectivity index (χ3v) is 11.2. The number of aromatic nitrogens is 2. The van der Waals surface area contributed by atoms with Gasteiger partial charge in [0, 0.05) is 17.6 Å². The zero-order chi connectivity index (χ0) is 24.3. The number of sulfone groups is 1. The summed E-state index contributed by atoms with van der Waals surface area (Å²) < 4.78 is 52.7. The van der Waals surface area contributed by atoms with Crippen LogP contribution in [0.15, 0.2) is 47.6 Å². The van der Waals surface area contributed by atoms with E-state index in [-0.39, 0.29) is 33.8 Å². The molecule has 0 aliphatic heterocycles. The van der Waals surface area contributed by atoms with Crippen LogP contribution < -0.4 is 11.1 Å². The predicted octanol–water partition coefficient (Wildman–Crippen LogP) is 3.57. The van der Waals surface area contributed by atoms with Gasteiger partial charge in [0.25, 0.3) is 10.0 Å². The molecule has 0 spiro atoms. The van der Waals surface area contributed by atoms with Crippen LogP contribution in [0.5, 0.6) is 0 Å². The Bertz CT molecular complexity index is 1440. The molecule has 2 heterocycles. The van der Waals surface area contributed by atoms with Crippen LogP contribution >= 0.6 is 0 Å². The lowest BCUT2D eigenvalue weighted by Gasteiger charge is -2.20.